The maximum Gasteiger partial charge on any atom is 0.0195 e. The number of likely N-dealkylation sites (tertiary alicyclic amines) is 1. The smallest absolute Gasteiger partial charge is 0.0195 e. The van der Waals surface area contributed by atoms with Crippen LogP contribution in [0.25, 0.3) is 0 Å². The molecule has 1 N–H and O–H groups in total. The quantitative estimate of drug-likeness (QED) is 0.795. The Balaban J connectivity index is 1.55. The molecule has 0 radical (unpaired) electrons. The highest BCUT2D eigenvalue weighted by molar-refractivity contribution is 4.93. The molecular weight excluding hydrogens is 210 g/mol. The van der Waals surface area contributed by atoms with E-state index < -0.39 is 0 Å². The van der Waals surface area contributed by atoms with Crippen molar-refractivity contribution in [1.29, 1.82) is 0 Å². The van der Waals surface area contributed by atoms with Gasteiger partial charge in [-0.05, 0) is 65.2 Å². The molecule has 1 aliphatic carbocycles. The molecule has 3 heteroatoms. The molecule has 3 fully saturated rings. The minimum Gasteiger partial charge on any atom is -0.313 e. The normalized spacial score (nSPS) is 32.5. The Morgan fingerprint density at radius 3 is 2.35 bits per heavy atom. The van der Waals surface area contributed by atoms with Crippen molar-refractivity contribution in [2.75, 3.05) is 33.2 Å². The van der Waals surface area contributed by atoms with Crippen molar-refractivity contribution < 1.29 is 0 Å². The first kappa shape index (κ1) is 11.9. The van der Waals surface area contributed by atoms with Crippen LogP contribution in [0.5, 0.6) is 0 Å². The highest BCUT2D eigenvalue weighted by atomic mass is 15.2. The van der Waals surface area contributed by atoms with E-state index >= 15 is 0 Å². The lowest BCUT2D eigenvalue weighted by atomic mass is 10.0. The summed E-state index contributed by atoms with van der Waals surface area (Å²) < 4.78 is 0. The van der Waals surface area contributed by atoms with E-state index in [-0.39, 0.29) is 0 Å². The SMILES string of the molecule is CN1CCC(N(CC2CCCN2)C2CC2)CC1. The number of piperidine rings is 1. The van der Waals surface area contributed by atoms with Gasteiger partial charge in [-0.2, -0.15) is 0 Å². The average Bonchev–Trinajstić information content (AvgIpc) is 3.05. The average molecular weight is 237 g/mol. The number of hydrogen-bond acceptors (Lipinski definition) is 3. The minimum atomic E-state index is 0.787. The molecular formula is C14H27N3. The lowest BCUT2D eigenvalue weighted by Crippen LogP contribution is -2.48. The second kappa shape index (κ2) is 5.25. The summed E-state index contributed by atoms with van der Waals surface area (Å²) in [4.78, 5) is 5.34. The standard InChI is InChI=1S/C14H27N3/c1-16-9-6-14(7-10-16)17(13-4-5-13)11-12-3-2-8-15-12/h12-15H,2-11H2,1H3. The summed E-state index contributed by atoms with van der Waals surface area (Å²) >= 11 is 0. The summed E-state index contributed by atoms with van der Waals surface area (Å²) in [5.41, 5.74) is 0. The van der Waals surface area contributed by atoms with Crippen LogP contribution in [0.15, 0.2) is 0 Å². The fourth-order valence-electron chi connectivity index (χ4n) is 3.50. The second-order valence-corrected chi connectivity index (χ2v) is 6.26. The summed E-state index contributed by atoms with van der Waals surface area (Å²) in [5.74, 6) is 0. The van der Waals surface area contributed by atoms with Crippen LogP contribution in [0.3, 0.4) is 0 Å². The molecule has 1 saturated carbocycles. The fourth-order valence-corrected chi connectivity index (χ4v) is 3.50. The number of hydrogen-bond donors (Lipinski definition) is 1. The first-order valence-corrected chi connectivity index (χ1v) is 7.50. The van der Waals surface area contributed by atoms with Crippen LogP contribution in [0, 0.1) is 0 Å². The molecule has 2 heterocycles. The molecule has 2 aliphatic heterocycles. The van der Waals surface area contributed by atoms with Crippen molar-refractivity contribution >= 4 is 0 Å². The van der Waals surface area contributed by atoms with Crippen LogP contribution in [-0.4, -0.2) is 61.2 Å². The van der Waals surface area contributed by atoms with Gasteiger partial charge in [0.15, 0.2) is 0 Å². The molecule has 98 valence electrons. The van der Waals surface area contributed by atoms with E-state index in [9.17, 15) is 0 Å². The van der Waals surface area contributed by atoms with Gasteiger partial charge in [-0.3, -0.25) is 4.90 Å². The lowest BCUT2D eigenvalue weighted by molar-refractivity contribution is 0.106. The van der Waals surface area contributed by atoms with Gasteiger partial charge in [0, 0.05) is 24.7 Å². The fraction of sp³-hybridized carbons (Fsp3) is 1.00. The molecule has 0 spiro atoms. The van der Waals surface area contributed by atoms with Crippen LogP contribution >= 0.6 is 0 Å². The van der Waals surface area contributed by atoms with Crippen LogP contribution in [0.2, 0.25) is 0 Å². The number of nitrogens with zero attached hydrogens (tertiary/aromatic N) is 2. The Morgan fingerprint density at radius 2 is 1.76 bits per heavy atom. The van der Waals surface area contributed by atoms with Crippen molar-refractivity contribution in [3.8, 4) is 0 Å². The highest BCUT2D eigenvalue weighted by Crippen LogP contribution is 2.32. The van der Waals surface area contributed by atoms with Gasteiger partial charge in [0.25, 0.3) is 0 Å². The van der Waals surface area contributed by atoms with Gasteiger partial charge >= 0.3 is 0 Å². The van der Waals surface area contributed by atoms with Crippen molar-refractivity contribution in [1.82, 2.24) is 15.1 Å². The molecule has 0 aromatic rings. The van der Waals surface area contributed by atoms with E-state index in [1.54, 1.807) is 0 Å². The van der Waals surface area contributed by atoms with Crippen molar-refractivity contribution in [3.05, 3.63) is 0 Å². The van der Waals surface area contributed by atoms with Crippen molar-refractivity contribution in [2.24, 2.45) is 0 Å². The van der Waals surface area contributed by atoms with Gasteiger partial charge < -0.3 is 10.2 Å². The van der Waals surface area contributed by atoms with E-state index in [0.29, 0.717) is 0 Å². The van der Waals surface area contributed by atoms with Gasteiger partial charge in [0.05, 0.1) is 0 Å². The minimum absolute atomic E-state index is 0.787. The molecule has 3 rings (SSSR count). The van der Waals surface area contributed by atoms with Gasteiger partial charge in [-0.1, -0.05) is 0 Å². The summed E-state index contributed by atoms with van der Waals surface area (Å²) in [6.07, 6.45) is 8.48. The molecule has 2 saturated heterocycles. The zero-order chi connectivity index (χ0) is 11.7. The molecule has 0 bridgehead atoms. The summed E-state index contributed by atoms with van der Waals surface area (Å²) in [6, 6.07) is 2.60. The summed E-state index contributed by atoms with van der Waals surface area (Å²) in [7, 11) is 2.26. The van der Waals surface area contributed by atoms with Crippen LogP contribution in [-0.2, 0) is 0 Å². The highest BCUT2D eigenvalue weighted by Gasteiger charge is 2.36. The molecule has 0 aromatic carbocycles. The molecule has 3 aliphatic rings. The predicted octanol–water partition coefficient (Wildman–Crippen LogP) is 1.30. The second-order valence-electron chi connectivity index (χ2n) is 6.26. The van der Waals surface area contributed by atoms with Gasteiger partial charge in [0.1, 0.15) is 0 Å². The van der Waals surface area contributed by atoms with Crippen molar-refractivity contribution in [3.63, 3.8) is 0 Å². The molecule has 17 heavy (non-hydrogen) atoms. The maximum atomic E-state index is 3.67. The Bertz CT molecular complexity index is 238. The third kappa shape index (κ3) is 3.01. The van der Waals surface area contributed by atoms with Crippen LogP contribution < -0.4 is 5.32 Å². The Kier molecular flexibility index (Phi) is 3.69. The largest absolute Gasteiger partial charge is 0.313 e. The Labute approximate surface area is 106 Å². The lowest BCUT2D eigenvalue weighted by Gasteiger charge is -2.38. The summed E-state index contributed by atoms with van der Waals surface area (Å²) in [5, 5.41) is 3.67. The molecule has 3 nitrogen and oxygen atoms in total. The first-order valence-electron chi connectivity index (χ1n) is 7.50. The molecule has 0 aromatic heterocycles. The number of nitrogens with one attached hydrogen (secondary N) is 1. The molecule has 1 atom stereocenters. The number of rotatable bonds is 4. The Hall–Kier alpha value is -0.120. The topological polar surface area (TPSA) is 18.5 Å². The Morgan fingerprint density at radius 1 is 1.06 bits per heavy atom. The summed E-state index contributed by atoms with van der Waals surface area (Å²) in [6.45, 7) is 5.16. The van der Waals surface area contributed by atoms with E-state index in [1.807, 2.05) is 0 Å². The van der Waals surface area contributed by atoms with Crippen LogP contribution in [0.4, 0.5) is 0 Å². The zero-order valence-corrected chi connectivity index (χ0v) is 11.2. The van der Waals surface area contributed by atoms with Crippen LogP contribution in [0.1, 0.15) is 38.5 Å². The van der Waals surface area contributed by atoms with E-state index in [1.165, 1.54) is 64.7 Å². The van der Waals surface area contributed by atoms with Gasteiger partial charge in [0.2, 0.25) is 0 Å². The van der Waals surface area contributed by atoms with E-state index in [0.717, 1.165) is 18.1 Å². The van der Waals surface area contributed by atoms with Crippen molar-refractivity contribution in [2.45, 2.75) is 56.7 Å². The molecule has 0 amide bonds. The predicted molar refractivity (Wildman–Crippen MR) is 71.3 cm³/mol. The zero-order valence-electron chi connectivity index (χ0n) is 11.2. The first-order chi connectivity index (χ1) is 8.33. The third-order valence-electron chi connectivity index (χ3n) is 4.77. The van der Waals surface area contributed by atoms with E-state index in [2.05, 4.69) is 22.2 Å². The third-order valence-corrected chi connectivity index (χ3v) is 4.77. The monoisotopic (exact) mass is 237 g/mol. The van der Waals surface area contributed by atoms with E-state index in [4.69, 9.17) is 0 Å². The van der Waals surface area contributed by atoms with Gasteiger partial charge in [-0.25, -0.2) is 0 Å². The molecule has 1 unspecified atom stereocenters. The maximum absolute atomic E-state index is 3.67. The van der Waals surface area contributed by atoms with Gasteiger partial charge in [-0.15, -0.1) is 0 Å².